The summed E-state index contributed by atoms with van der Waals surface area (Å²) in [5.41, 5.74) is 0. The Morgan fingerprint density at radius 3 is 0.762 bits per heavy atom. The highest BCUT2D eigenvalue weighted by atomic mass is 16.6. The van der Waals surface area contributed by atoms with Crippen molar-refractivity contribution in [3.63, 3.8) is 0 Å². The Morgan fingerprint density at radius 2 is 0.487 bits per heavy atom. The summed E-state index contributed by atoms with van der Waals surface area (Å²) in [6.45, 7) is 6.53. The molecule has 0 aromatic carbocycles. The van der Waals surface area contributed by atoms with Gasteiger partial charge in [0.25, 0.3) is 0 Å². The maximum atomic E-state index is 12.9. The van der Waals surface area contributed by atoms with E-state index in [4.69, 9.17) is 14.2 Å². The van der Waals surface area contributed by atoms with E-state index < -0.39 is 6.10 Å². The van der Waals surface area contributed by atoms with Crippen molar-refractivity contribution in [3.05, 3.63) is 85.1 Å². The average molecular weight is 1120 g/mol. The zero-order valence-electron chi connectivity index (χ0n) is 53.1. The van der Waals surface area contributed by atoms with Crippen LogP contribution >= 0.6 is 0 Å². The average Bonchev–Trinajstić information content (AvgIpc) is 3.46. The zero-order chi connectivity index (χ0) is 57.8. The standard InChI is InChI=1S/C74H130O6/c1-4-7-10-13-16-19-21-23-25-27-29-31-33-35-36-37-38-40-41-43-45-47-49-51-53-55-58-61-64-67-73(76)79-70-71(69-78-72(75)66-63-60-57-18-15-12-9-6-3)80-74(77)68-65-62-59-56-54-52-50-48-46-44-42-39-34-32-30-28-26-24-22-20-17-14-11-8-5-2/h7,10,16,19,22-25,28-31,35-36,71H,4-6,8-9,11-15,17-18,20-21,26-27,32-34,37-70H2,1-3H3/b10-7-,19-16-,24-22-,25-23-,30-28-,31-29-,36-35-. The number of carbonyl (C=O) groups is 3. The Bertz CT molecular complexity index is 1520. The predicted molar refractivity (Wildman–Crippen MR) is 348 cm³/mol. The van der Waals surface area contributed by atoms with Crippen molar-refractivity contribution in [1.29, 1.82) is 0 Å². The fourth-order valence-electron chi connectivity index (χ4n) is 9.97. The summed E-state index contributed by atoms with van der Waals surface area (Å²) in [7, 11) is 0. The number of carbonyl (C=O) groups excluding carboxylic acids is 3. The summed E-state index contributed by atoms with van der Waals surface area (Å²) >= 11 is 0. The predicted octanol–water partition coefficient (Wildman–Crippen LogP) is 23.8. The number of ether oxygens (including phenoxy) is 3. The Morgan fingerprint density at radius 1 is 0.263 bits per heavy atom. The molecule has 1 unspecified atom stereocenters. The van der Waals surface area contributed by atoms with Gasteiger partial charge in [-0.1, -0.05) is 318 Å². The van der Waals surface area contributed by atoms with Crippen molar-refractivity contribution < 1.29 is 28.6 Å². The van der Waals surface area contributed by atoms with Crippen LogP contribution in [0.5, 0.6) is 0 Å². The van der Waals surface area contributed by atoms with Gasteiger partial charge in [-0.3, -0.25) is 14.4 Å². The van der Waals surface area contributed by atoms with Gasteiger partial charge in [0.15, 0.2) is 6.10 Å². The third-order valence-corrected chi connectivity index (χ3v) is 15.1. The van der Waals surface area contributed by atoms with Crippen LogP contribution in [0.25, 0.3) is 0 Å². The van der Waals surface area contributed by atoms with Gasteiger partial charge in [0.05, 0.1) is 0 Å². The molecule has 1 atom stereocenters. The lowest BCUT2D eigenvalue weighted by atomic mass is 10.0. The molecule has 0 aliphatic carbocycles. The number of allylic oxidation sites excluding steroid dienone is 14. The molecule has 0 rings (SSSR count). The SMILES string of the molecule is CC/C=C\C/C=C\C/C=C\C/C=C\C/C=C\CCCCCCCCCCCCCCCC(=O)OCC(COC(=O)CCCCCCCCCC)OC(=O)CCCCCCCCCCCCCCC/C=C\C/C=C\CCCCCCC. The highest BCUT2D eigenvalue weighted by Gasteiger charge is 2.19. The van der Waals surface area contributed by atoms with E-state index in [0.29, 0.717) is 19.3 Å². The van der Waals surface area contributed by atoms with E-state index in [9.17, 15) is 14.4 Å². The summed E-state index contributed by atoms with van der Waals surface area (Å²) in [5, 5.41) is 0. The van der Waals surface area contributed by atoms with E-state index in [0.717, 1.165) is 96.3 Å². The molecule has 0 bridgehead atoms. The Kier molecular flexibility index (Phi) is 65.2. The molecule has 6 nitrogen and oxygen atoms in total. The summed E-state index contributed by atoms with van der Waals surface area (Å²) in [5.74, 6) is -0.863. The molecule has 0 saturated heterocycles. The van der Waals surface area contributed by atoms with Crippen LogP contribution in [-0.2, 0) is 28.6 Å². The molecule has 462 valence electrons. The Balaban J connectivity index is 4.12. The van der Waals surface area contributed by atoms with Crippen LogP contribution in [0.2, 0.25) is 0 Å². The van der Waals surface area contributed by atoms with Crippen LogP contribution in [0.1, 0.15) is 348 Å². The van der Waals surface area contributed by atoms with Crippen molar-refractivity contribution in [3.8, 4) is 0 Å². The quantitative estimate of drug-likeness (QED) is 0.0261. The molecular formula is C74H130O6. The Labute approximate surface area is 496 Å². The van der Waals surface area contributed by atoms with Crippen molar-refractivity contribution >= 4 is 17.9 Å². The lowest BCUT2D eigenvalue weighted by Gasteiger charge is -2.18. The lowest BCUT2D eigenvalue weighted by molar-refractivity contribution is -0.167. The first kappa shape index (κ1) is 76.6. The minimum atomic E-state index is -0.775. The molecule has 80 heavy (non-hydrogen) atoms. The van der Waals surface area contributed by atoms with E-state index in [2.05, 4.69) is 106 Å². The van der Waals surface area contributed by atoms with E-state index in [-0.39, 0.29) is 31.1 Å². The van der Waals surface area contributed by atoms with Crippen molar-refractivity contribution in [1.82, 2.24) is 0 Å². The zero-order valence-corrected chi connectivity index (χ0v) is 53.1. The summed E-state index contributed by atoms with van der Waals surface area (Å²) < 4.78 is 16.9. The van der Waals surface area contributed by atoms with Crippen molar-refractivity contribution in [2.24, 2.45) is 0 Å². The molecule has 0 aliphatic heterocycles. The van der Waals surface area contributed by atoms with E-state index in [1.807, 2.05) is 0 Å². The maximum absolute atomic E-state index is 12.9. The second-order valence-electron chi connectivity index (χ2n) is 23.1. The van der Waals surface area contributed by atoms with E-state index >= 15 is 0 Å². The third kappa shape index (κ3) is 65.4. The van der Waals surface area contributed by atoms with Crippen LogP contribution in [0.4, 0.5) is 0 Å². The van der Waals surface area contributed by atoms with Gasteiger partial charge in [0.2, 0.25) is 0 Å². The first-order chi connectivity index (χ1) is 39.5. The minimum Gasteiger partial charge on any atom is -0.462 e. The van der Waals surface area contributed by atoms with Gasteiger partial charge in [-0.15, -0.1) is 0 Å². The second-order valence-corrected chi connectivity index (χ2v) is 23.1. The van der Waals surface area contributed by atoms with Crippen molar-refractivity contribution in [2.75, 3.05) is 13.2 Å². The largest absolute Gasteiger partial charge is 0.462 e. The molecule has 0 aliphatic rings. The smallest absolute Gasteiger partial charge is 0.306 e. The molecule has 0 amide bonds. The second kappa shape index (κ2) is 68.1. The van der Waals surface area contributed by atoms with E-state index in [1.165, 1.54) is 212 Å². The van der Waals surface area contributed by atoms with Crippen LogP contribution in [0.15, 0.2) is 85.1 Å². The summed E-state index contributed by atoms with van der Waals surface area (Å²) in [6.07, 6.45) is 90.5. The summed E-state index contributed by atoms with van der Waals surface area (Å²) in [4.78, 5) is 38.2. The molecule has 0 saturated carbocycles. The molecule has 0 spiro atoms. The molecule has 0 fully saturated rings. The minimum absolute atomic E-state index is 0.0729. The van der Waals surface area contributed by atoms with Crippen LogP contribution in [0, 0.1) is 0 Å². The monoisotopic (exact) mass is 1110 g/mol. The Hall–Kier alpha value is -3.41. The number of unbranched alkanes of at least 4 members (excludes halogenated alkanes) is 38. The van der Waals surface area contributed by atoms with Gasteiger partial charge in [-0.25, -0.2) is 0 Å². The van der Waals surface area contributed by atoms with Crippen LogP contribution < -0.4 is 0 Å². The summed E-state index contributed by atoms with van der Waals surface area (Å²) in [6, 6.07) is 0. The number of rotatable bonds is 63. The highest BCUT2D eigenvalue weighted by molar-refractivity contribution is 5.71. The topological polar surface area (TPSA) is 78.9 Å². The number of esters is 3. The highest BCUT2D eigenvalue weighted by Crippen LogP contribution is 2.17. The van der Waals surface area contributed by atoms with Gasteiger partial charge in [0, 0.05) is 19.3 Å². The number of hydrogen-bond donors (Lipinski definition) is 0. The van der Waals surface area contributed by atoms with Gasteiger partial charge >= 0.3 is 17.9 Å². The fraction of sp³-hybridized carbons (Fsp3) is 0.770. The first-order valence-electron chi connectivity index (χ1n) is 34.6. The third-order valence-electron chi connectivity index (χ3n) is 15.1. The fourth-order valence-corrected chi connectivity index (χ4v) is 9.97. The van der Waals surface area contributed by atoms with Gasteiger partial charge in [-0.2, -0.15) is 0 Å². The molecule has 0 radical (unpaired) electrons. The van der Waals surface area contributed by atoms with Crippen LogP contribution in [-0.4, -0.2) is 37.2 Å². The molecular weight excluding hydrogens is 985 g/mol. The van der Waals surface area contributed by atoms with Gasteiger partial charge < -0.3 is 14.2 Å². The normalized spacial score (nSPS) is 12.6. The lowest BCUT2D eigenvalue weighted by Crippen LogP contribution is -2.30. The first-order valence-corrected chi connectivity index (χ1v) is 34.6. The molecule has 6 heteroatoms. The molecule has 0 aromatic heterocycles. The number of hydrogen-bond acceptors (Lipinski definition) is 6. The van der Waals surface area contributed by atoms with Crippen molar-refractivity contribution in [2.45, 2.75) is 354 Å². The molecule has 0 N–H and O–H groups in total. The van der Waals surface area contributed by atoms with Gasteiger partial charge in [-0.05, 0) is 96.3 Å². The molecule has 0 aromatic rings. The molecule has 0 heterocycles. The van der Waals surface area contributed by atoms with Gasteiger partial charge in [0.1, 0.15) is 13.2 Å². The maximum Gasteiger partial charge on any atom is 0.306 e. The van der Waals surface area contributed by atoms with E-state index in [1.54, 1.807) is 0 Å². The van der Waals surface area contributed by atoms with Crippen LogP contribution in [0.3, 0.4) is 0 Å².